The van der Waals surface area contributed by atoms with Crippen LogP contribution in [0.4, 0.5) is 11.4 Å². The van der Waals surface area contributed by atoms with Gasteiger partial charge in [-0.15, -0.1) is 0 Å². The largest absolute Gasteiger partial charge is 0.505 e. The molecule has 1 aromatic carbocycles. The molecular formula is C28H36ClN5O8. The van der Waals surface area contributed by atoms with Crippen molar-refractivity contribution in [2.75, 3.05) is 51.5 Å². The van der Waals surface area contributed by atoms with Crippen LogP contribution in [-0.4, -0.2) is 103 Å². The molecule has 4 rings (SSSR count). The summed E-state index contributed by atoms with van der Waals surface area (Å²) in [6, 6.07) is -1.20. The fraction of sp³-hybridized carbons (Fsp3) is 0.571. The highest BCUT2D eigenvalue weighted by atomic mass is 35.5. The van der Waals surface area contributed by atoms with Gasteiger partial charge in [0, 0.05) is 20.0 Å². The Kier molecular flexibility index (Phi) is 8.53. The molecule has 0 heterocycles. The quantitative estimate of drug-likeness (QED) is 0.146. The average Bonchev–Trinajstić information content (AvgIpc) is 2.88. The van der Waals surface area contributed by atoms with Crippen molar-refractivity contribution >= 4 is 57.9 Å². The first-order chi connectivity index (χ1) is 19.6. The molecule has 228 valence electrons. The Labute approximate surface area is 247 Å². The molecule has 2 saturated carbocycles. The first-order valence-corrected chi connectivity index (χ1v) is 14.1. The highest BCUT2D eigenvalue weighted by molar-refractivity contribution is 6.38. The molecule has 0 saturated heterocycles. The predicted octanol–water partition coefficient (Wildman–Crippen LogP) is -0.475. The van der Waals surface area contributed by atoms with Crippen LogP contribution in [0.2, 0.25) is 5.02 Å². The Bertz CT molecular complexity index is 1390. The van der Waals surface area contributed by atoms with Gasteiger partial charge in [-0.25, -0.2) is 0 Å². The van der Waals surface area contributed by atoms with Crippen molar-refractivity contribution in [1.82, 2.24) is 10.2 Å². The lowest BCUT2D eigenvalue weighted by atomic mass is 9.52. The Hall–Kier alpha value is -3.39. The molecule has 2 fully saturated rings. The molecule has 0 bridgehead atoms. The zero-order valence-electron chi connectivity index (χ0n) is 24.1. The molecule has 3 aliphatic carbocycles. The number of nitrogens with two attached hydrogens (primary N) is 1. The summed E-state index contributed by atoms with van der Waals surface area (Å²) in [5, 5.41) is 28.5. The number of carbonyl (C=O) groups excluding carboxylic acids is 6. The minimum absolute atomic E-state index is 0.0107. The Morgan fingerprint density at radius 2 is 1.76 bits per heavy atom. The Balaban J connectivity index is 1.85. The summed E-state index contributed by atoms with van der Waals surface area (Å²) in [6.07, 6.45) is 0.739. The molecule has 6 N–H and O–H groups in total. The Morgan fingerprint density at radius 3 is 2.31 bits per heavy atom. The molecule has 42 heavy (non-hydrogen) atoms. The van der Waals surface area contributed by atoms with Crippen LogP contribution in [-0.2, 0) is 30.4 Å². The van der Waals surface area contributed by atoms with Crippen molar-refractivity contribution in [3.05, 3.63) is 16.1 Å². The molecule has 4 unspecified atom stereocenters. The van der Waals surface area contributed by atoms with Crippen LogP contribution in [0.1, 0.15) is 35.7 Å². The number of Topliss-reactive ketones (excluding diaryl/α,β-unsaturated/α-hetero) is 4. The van der Waals surface area contributed by atoms with Crippen LogP contribution in [0.25, 0.3) is 0 Å². The van der Waals surface area contributed by atoms with Gasteiger partial charge < -0.3 is 31.5 Å². The van der Waals surface area contributed by atoms with Crippen LogP contribution in [0.15, 0.2) is 0 Å². The van der Waals surface area contributed by atoms with Crippen molar-refractivity contribution in [1.29, 1.82) is 0 Å². The summed E-state index contributed by atoms with van der Waals surface area (Å²) in [6.45, 7) is 2.42. The second-order valence-electron chi connectivity index (χ2n) is 11.6. The smallest absolute Gasteiger partial charge is 0.238 e. The number of benzene rings is 1. The maximum Gasteiger partial charge on any atom is 0.238 e. The molecule has 13 nitrogen and oxygen atoms in total. The third-order valence-electron chi connectivity index (χ3n) is 8.57. The summed E-state index contributed by atoms with van der Waals surface area (Å²) in [7, 11) is 6.37. The van der Waals surface area contributed by atoms with Crippen molar-refractivity contribution in [3.63, 3.8) is 0 Å². The number of halogens is 1. The number of phenolic OH excluding ortho intramolecular Hbond substituents is 1. The number of likely N-dealkylation sites (N-methyl/N-ethyl adjacent to an activating group) is 1. The molecule has 0 aliphatic heterocycles. The standard InChI is InChI=1S/C28H36ClN5O8/c1-6-7-31-10-14(35)32-19-18(29)20(33(2)3)12-8-11-9-13-21(34(4)5)24(38)17(27(30)41)26(40)28(13,42)25(39)15(11)22(36)16(12)23(19)37/h11,13,15,17,21,31,37,42H,6-10H2,1-5H3,(H2,30,41)(H,32,35)/t11?,13?,15?,17?,21-,28-/m0/s1. The number of nitrogens with one attached hydrogen (secondary N) is 2. The van der Waals surface area contributed by atoms with E-state index in [0.29, 0.717) is 17.8 Å². The monoisotopic (exact) mass is 605 g/mol. The van der Waals surface area contributed by atoms with E-state index in [0.717, 1.165) is 6.42 Å². The first-order valence-electron chi connectivity index (χ1n) is 13.7. The van der Waals surface area contributed by atoms with E-state index in [1.807, 2.05) is 6.92 Å². The summed E-state index contributed by atoms with van der Waals surface area (Å²) in [5.74, 6) is -12.3. The van der Waals surface area contributed by atoms with E-state index >= 15 is 0 Å². The number of fused-ring (bicyclic) bond motifs is 3. The van der Waals surface area contributed by atoms with Gasteiger partial charge in [0.25, 0.3) is 0 Å². The van der Waals surface area contributed by atoms with Crippen molar-refractivity contribution in [2.45, 2.75) is 37.8 Å². The highest BCUT2D eigenvalue weighted by Gasteiger charge is 2.69. The van der Waals surface area contributed by atoms with Crippen molar-refractivity contribution < 1.29 is 39.0 Å². The van der Waals surface area contributed by atoms with E-state index in [2.05, 4.69) is 10.6 Å². The number of anilines is 2. The molecule has 2 amide bonds. The van der Waals surface area contributed by atoms with E-state index < -0.39 is 76.0 Å². The van der Waals surface area contributed by atoms with Gasteiger partial charge in [0.1, 0.15) is 5.69 Å². The zero-order valence-corrected chi connectivity index (χ0v) is 24.9. The molecule has 0 spiro atoms. The third kappa shape index (κ3) is 4.68. The topological polar surface area (TPSA) is 199 Å². The van der Waals surface area contributed by atoms with Crippen LogP contribution in [0.3, 0.4) is 0 Å². The third-order valence-corrected chi connectivity index (χ3v) is 8.93. The summed E-state index contributed by atoms with van der Waals surface area (Å²) in [4.78, 5) is 82.6. The van der Waals surface area contributed by atoms with Gasteiger partial charge in [0.05, 0.1) is 34.8 Å². The first kappa shape index (κ1) is 31.5. The predicted molar refractivity (Wildman–Crippen MR) is 152 cm³/mol. The van der Waals surface area contributed by atoms with E-state index in [1.54, 1.807) is 19.0 Å². The zero-order chi connectivity index (χ0) is 31.4. The van der Waals surface area contributed by atoms with Gasteiger partial charge in [-0.1, -0.05) is 18.5 Å². The maximum absolute atomic E-state index is 14.1. The number of aliphatic hydroxyl groups is 1. The lowest BCUT2D eigenvalue weighted by molar-refractivity contribution is -0.181. The molecular weight excluding hydrogens is 570 g/mol. The number of amides is 2. The van der Waals surface area contributed by atoms with E-state index in [1.165, 1.54) is 19.0 Å². The van der Waals surface area contributed by atoms with Gasteiger partial charge >= 0.3 is 0 Å². The average molecular weight is 606 g/mol. The fourth-order valence-corrected chi connectivity index (χ4v) is 7.25. The second kappa shape index (κ2) is 11.4. The van der Waals surface area contributed by atoms with Gasteiger partial charge in [0.15, 0.2) is 40.4 Å². The SMILES string of the molecule is CCCNCC(=O)Nc1c(O)c2c(c(N(C)C)c1Cl)CC1CC3[C@H](N(C)C)C(=O)C(C(N)=O)C(=O)[C@@]3(O)C(=O)C1C2=O. The number of rotatable bonds is 8. The molecule has 1 aromatic rings. The number of aromatic hydroxyl groups is 1. The van der Waals surface area contributed by atoms with E-state index in [4.69, 9.17) is 17.3 Å². The number of hydrogen-bond donors (Lipinski definition) is 5. The van der Waals surface area contributed by atoms with Crippen molar-refractivity contribution in [3.8, 4) is 5.75 Å². The normalized spacial score (nSPS) is 28.7. The summed E-state index contributed by atoms with van der Waals surface area (Å²) >= 11 is 6.69. The molecule has 0 aromatic heterocycles. The number of nitrogens with zero attached hydrogens (tertiary/aromatic N) is 2. The minimum Gasteiger partial charge on any atom is -0.505 e. The molecule has 14 heteroatoms. The number of primary amides is 1. The van der Waals surface area contributed by atoms with Gasteiger partial charge in [-0.05, 0) is 51.4 Å². The van der Waals surface area contributed by atoms with Gasteiger partial charge in [0.2, 0.25) is 11.8 Å². The highest BCUT2D eigenvalue weighted by Crippen LogP contribution is 2.54. The van der Waals surface area contributed by atoms with Crippen LogP contribution < -0.4 is 21.3 Å². The number of hydrogen-bond acceptors (Lipinski definition) is 11. The maximum atomic E-state index is 14.1. The number of ketones is 4. The van der Waals surface area contributed by atoms with Gasteiger partial charge in [-0.3, -0.25) is 33.7 Å². The van der Waals surface area contributed by atoms with E-state index in [-0.39, 0.29) is 35.7 Å². The van der Waals surface area contributed by atoms with Gasteiger partial charge in [-0.2, -0.15) is 0 Å². The van der Waals surface area contributed by atoms with Crippen LogP contribution in [0.5, 0.6) is 5.75 Å². The number of carbonyl (C=O) groups is 6. The number of phenols is 1. The lowest BCUT2D eigenvalue weighted by Crippen LogP contribution is -2.74. The fourth-order valence-electron chi connectivity index (χ4n) is 6.83. The van der Waals surface area contributed by atoms with E-state index in [9.17, 15) is 39.0 Å². The molecule has 0 radical (unpaired) electrons. The molecule has 6 atom stereocenters. The van der Waals surface area contributed by atoms with Crippen LogP contribution >= 0.6 is 11.6 Å². The minimum atomic E-state index is -2.83. The lowest BCUT2D eigenvalue weighted by Gasteiger charge is -2.52. The molecule has 3 aliphatic rings. The van der Waals surface area contributed by atoms with Crippen LogP contribution in [0, 0.1) is 23.7 Å². The Morgan fingerprint density at radius 1 is 1.12 bits per heavy atom. The summed E-state index contributed by atoms with van der Waals surface area (Å²) < 4.78 is 0. The summed E-state index contributed by atoms with van der Waals surface area (Å²) in [5.41, 5.74) is 2.73. The van der Waals surface area contributed by atoms with Crippen molar-refractivity contribution in [2.24, 2.45) is 29.4 Å². The second-order valence-corrected chi connectivity index (χ2v) is 12.0.